The average Bonchev–Trinajstić information content (AvgIpc) is 3.59. The van der Waals surface area contributed by atoms with E-state index in [0.29, 0.717) is 29.9 Å². The van der Waals surface area contributed by atoms with E-state index in [1.54, 1.807) is 42.3 Å². The molecule has 4 aromatic carbocycles. The lowest BCUT2D eigenvalue weighted by Gasteiger charge is -2.23. The third kappa shape index (κ3) is 8.35. The van der Waals surface area contributed by atoms with E-state index in [4.69, 9.17) is 18.6 Å². The summed E-state index contributed by atoms with van der Waals surface area (Å²) in [6.07, 6.45) is 4.26. The number of nitrogens with zero attached hydrogens (tertiary/aromatic N) is 5. The van der Waals surface area contributed by atoms with Crippen molar-refractivity contribution in [2.75, 3.05) is 38.5 Å². The largest absolute Gasteiger partial charge is 0.495 e. The third-order valence-electron chi connectivity index (χ3n) is 9.30. The van der Waals surface area contributed by atoms with E-state index < -0.39 is 11.8 Å². The molecule has 7 aromatic rings. The number of ether oxygens (including phenoxy) is 3. The van der Waals surface area contributed by atoms with Crippen LogP contribution in [0.2, 0.25) is 0 Å². The SMILES string of the molecule is COc1cncc(CN(CCc2ccc(NC(=O)c3cc(OC)c(OC)cc3NC(=O)c3cc(=O)c4ccccc4o3)cc2)Cc2ccc3c(c2)nnn3C)c1. The van der Waals surface area contributed by atoms with Crippen LogP contribution in [0.4, 0.5) is 11.4 Å². The molecule has 3 aromatic heterocycles. The summed E-state index contributed by atoms with van der Waals surface area (Å²) in [4.78, 5) is 46.5. The highest BCUT2D eigenvalue weighted by molar-refractivity contribution is 6.12. The Morgan fingerprint density at radius 2 is 1.54 bits per heavy atom. The summed E-state index contributed by atoms with van der Waals surface area (Å²) in [6.45, 7) is 2.05. The molecule has 0 saturated carbocycles. The molecule has 0 fully saturated rings. The molecule has 0 spiro atoms. The molecule has 284 valence electrons. The predicted molar refractivity (Wildman–Crippen MR) is 211 cm³/mol. The predicted octanol–water partition coefficient (Wildman–Crippen LogP) is 6.25. The number of pyridine rings is 1. The Morgan fingerprint density at radius 3 is 2.32 bits per heavy atom. The van der Waals surface area contributed by atoms with E-state index in [1.165, 1.54) is 26.4 Å². The van der Waals surface area contributed by atoms with E-state index in [1.807, 2.05) is 49.6 Å². The summed E-state index contributed by atoms with van der Waals surface area (Å²) in [7, 11) is 6.39. The highest BCUT2D eigenvalue weighted by Gasteiger charge is 2.21. The highest BCUT2D eigenvalue weighted by atomic mass is 16.5. The third-order valence-corrected chi connectivity index (χ3v) is 9.30. The van der Waals surface area contributed by atoms with E-state index in [0.717, 1.165) is 46.8 Å². The van der Waals surface area contributed by atoms with Crippen LogP contribution in [0.15, 0.2) is 113 Å². The van der Waals surface area contributed by atoms with E-state index in [-0.39, 0.29) is 39.5 Å². The summed E-state index contributed by atoms with van der Waals surface area (Å²) in [5.41, 5.74) is 5.68. The number of anilines is 2. The Labute approximate surface area is 321 Å². The molecule has 0 radical (unpaired) electrons. The van der Waals surface area contributed by atoms with Gasteiger partial charge in [0.15, 0.2) is 22.7 Å². The number of nitrogens with one attached hydrogen (secondary N) is 2. The Hall–Kier alpha value is -7.06. The standard InChI is InChI=1S/C42H39N7O7/c1-48-35-14-11-27(18-34(35)46-47-48)24-49(25-28-17-30(53-2)23-43-22-28)16-15-26-9-12-29(13-10-26)44-41(51)32-19-38(54-3)39(55-4)20-33(32)45-42(52)40-21-36(50)31-7-5-6-8-37(31)56-40/h5-14,17-23H,15-16,24-25H2,1-4H3,(H,44,51)(H,45,52). The Morgan fingerprint density at radius 1 is 0.786 bits per heavy atom. The Kier molecular flexibility index (Phi) is 11.0. The molecular formula is C42H39N7O7. The van der Waals surface area contributed by atoms with E-state index in [9.17, 15) is 14.4 Å². The van der Waals surface area contributed by atoms with Gasteiger partial charge in [-0.2, -0.15) is 0 Å². The van der Waals surface area contributed by atoms with Crippen LogP contribution in [-0.4, -0.2) is 64.6 Å². The van der Waals surface area contributed by atoms with Crippen molar-refractivity contribution in [3.8, 4) is 17.2 Å². The van der Waals surface area contributed by atoms with Crippen molar-refractivity contribution in [2.45, 2.75) is 19.5 Å². The molecule has 0 unspecified atom stereocenters. The fourth-order valence-electron chi connectivity index (χ4n) is 6.39. The molecule has 0 aliphatic carbocycles. The van der Waals surface area contributed by atoms with Crippen LogP contribution in [0.25, 0.3) is 22.0 Å². The van der Waals surface area contributed by atoms with Crippen LogP contribution in [0.1, 0.15) is 37.6 Å². The number of aryl methyl sites for hydroxylation is 1. The number of rotatable bonds is 14. The Bertz CT molecular complexity index is 2600. The van der Waals surface area contributed by atoms with Crippen molar-refractivity contribution >= 4 is 45.2 Å². The van der Waals surface area contributed by atoms with Crippen molar-refractivity contribution in [1.82, 2.24) is 24.9 Å². The minimum Gasteiger partial charge on any atom is -0.495 e. The molecule has 0 aliphatic heterocycles. The van der Waals surface area contributed by atoms with Gasteiger partial charge < -0.3 is 29.3 Å². The molecule has 0 aliphatic rings. The number of hydrogen-bond donors (Lipinski definition) is 2. The number of fused-ring (bicyclic) bond motifs is 2. The first kappa shape index (κ1) is 37.3. The molecule has 0 saturated heterocycles. The molecule has 2 amide bonds. The maximum Gasteiger partial charge on any atom is 0.291 e. The van der Waals surface area contributed by atoms with Gasteiger partial charge in [-0.15, -0.1) is 5.10 Å². The first-order valence-electron chi connectivity index (χ1n) is 17.7. The van der Waals surface area contributed by atoms with Gasteiger partial charge in [0.05, 0.1) is 49.7 Å². The molecular weight excluding hydrogens is 715 g/mol. The number of hydrogen-bond acceptors (Lipinski definition) is 11. The van der Waals surface area contributed by atoms with Gasteiger partial charge in [-0.3, -0.25) is 24.3 Å². The summed E-state index contributed by atoms with van der Waals surface area (Å²) < 4.78 is 23.8. The van der Waals surface area contributed by atoms with Gasteiger partial charge in [-0.05, 0) is 71.6 Å². The fourth-order valence-corrected chi connectivity index (χ4v) is 6.39. The number of amides is 2. The number of aromatic nitrogens is 4. The van der Waals surface area contributed by atoms with Crippen LogP contribution in [0.5, 0.6) is 17.2 Å². The molecule has 0 atom stereocenters. The zero-order valence-corrected chi connectivity index (χ0v) is 31.2. The van der Waals surface area contributed by atoms with Crippen molar-refractivity contribution in [3.05, 3.63) is 142 Å². The van der Waals surface area contributed by atoms with Crippen LogP contribution in [0.3, 0.4) is 0 Å². The second-order valence-corrected chi connectivity index (χ2v) is 13.1. The Balaban J connectivity index is 1.06. The van der Waals surface area contributed by atoms with Gasteiger partial charge in [0.1, 0.15) is 16.8 Å². The van der Waals surface area contributed by atoms with Gasteiger partial charge in [-0.1, -0.05) is 35.5 Å². The number of para-hydroxylation sites is 1. The zero-order chi connectivity index (χ0) is 39.2. The molecule has 56 heavy (non-hydrogen) atoms. The molecule has 3 heterocycles. The van der Waals surface area contributed by atoms with Crippen molar-refractivity contribution < 1.29 is 28.2 Å². The van der Waals surface area contributed by atoms with Crippen LogP contribution in [0, 0.1) is 0 Å². The molecule has 14 nitrogen and oxygen atoms in total. The second-order valence-electron chi connectivity index (χ2n) is 13.1. The normalized spacial score (nSPS) is 11.2. The number of methoxy groups -OCH3 is 3. The molecule has 14 heteroatoms. The van der Waals surface area contributed by atoms with Crippen molar-refractivity contribution in [3.63, 3.8) is 0 Å². The molecule has 2 N–H and O–H groups in total. The second kappa shape index (κ2) is 16.5. The van der Waals surface area contributed by atoms with Crippen LogP contribution >= 0.6 is 0 Å². The summed E-state index contributed by atoms with van der Waals surface area (Å²) in [5.74, 6) is -0.168. The highest BCUT2D eigenvalue weighted by Crippen LogP contribution is 2.34. The van der Waals surface area contributed by atoms with Gasteiger partial charge >= 0.3 is 0 Å². The lowest BCUT2D eigenvalue weighted by molar-refractivity contribution is 0.0997. The van der Waals surface area contributed by atoms with Gasteiger partial charge in [-0.25, -0.2) is 4.68 Å². The monoisotopic (exact) mass is 753 g/mol. The first-order chi connectivity index (χ1) is 27.2. The maximum absolute atomic E-state index is 13.8. The quantitative estimate of drug-likeness (QED) is 0.129. The number of benzene rings is 4. The van der Waals surface area contributed by atoms with E-state index >= 15 is 0 Å². The van der Waals surface area contributed by atoms with Crippen molar-refractivity contribution in [2.24, 2.45) is 7.05 Å². The zero-order valence-electron chi connectivity index (χ0n) is 31.2. The van der Waals surface area contributed by atoms with Crippen LogP contribution in [-0.2, 0) is 26.6 Å². The molecule has 0 bridgehead atoms. The van der Waals surface area contributed by atoms with Crippen molar-refractivity contribution in [1.29, 1.82) is 0 Å². The number of carbonyl (C=O) groups excluding carboxylic acids is 2. The number of carbonyl (C=O) groups is 2. The van der Waals surface area contributed by atoms with Gasteiger partial charge in [0.25, 0.3) is 11.8 Å². The van der Waals surface area contributed by atoms with E-state index in [2.05, 4.69) is 43.0 Å². The summed E-state index contributed by atoms with van der Waals surface area (Å²) >= 11 is 0. The summed E-state index contributed by atoms with van der Waals surface area (Å²) in [6, 6.07) is 26.5. The average molecular weight is 754 g/mol. The fraction of sp³-hybridized carbons (Fsp3) is 0.190. The molecule has 7 rings (SSSR count). The maximum atomic E-state index is 13.8. The van der Waals surface area contributed by atoms with Gasteiger partial charge in [0, 0.05) is 50.7 Å². The smallest absolute Gasteiger partial charge is 0.291 e. The first-order valence-corrected chi connectivity index (χ1v) is 17.7. The lowest BCUT2D eigenvalue weighted by atomic mass is 10.1. The van der Waals surface area contributed by atoms with Gasteiger partial charge in [0.2, 0.25) is 0 Å². The lowest BCUT2D eigenvalue weighted by Crippen LogP contribution is -2.25. The minimum atomic E-state index is -0.718. The van der Waals surface area contributed by atoms with Crippen LogP contribution < -0.4 is 30.3 Å². The minimum absolute atomic E-state index is 0.102. The topological polar surface area (TPSA) is 163 Å². The summed E-state index contributed by atoms with van der Waals surface area (Å²) in [5, 5.41) is 14.4.